The second-order valence-corrected chi connectivity index (χ2v) is 7.05. The minimum Gasteiger partial charge on any atom is -0.487 e. The Bertz CT molecular complexity index is 950. The number of fused-ring (bicyclic) bond motifs is 1. The zero-order chi connectivity index (χ0) is 18.8. The molecule has 2 N–H and O–H groups in total. The number of pyridine rings is 1. The number of carbonyl (C=O) groups is 1. The van der Waals surface area contributed by atoms with Crippen LogP contribution in [0.4, 0.5) is 0 Å². The number of benzene rings is 1. The highest BCUT2D eigenvalue weighted by molar-refractivity contribution is 5.92. The molecule has 3 aromatic rings. The Labute approximate surface area is 158 Å². The predicted molar refractivity (Wildman–Crippen MR) is 103 cm³/mol. The third kappa shape index (κ3) is 3.56. The van der Waals surface area contributed by atoms with E-state index in [2.05, 4.69) is 40.4 Å². The van der Waals surface area contributed by atoms with Crippen LogP contribution in [0.3, 0.4) is 0 Å². The number of rotatable bonds is 5. The molecular weight excluding hydrogens is 340 g/mol. The van der Waals surface area contributed by atoms with Crippen molar-refractivity contribution in [3.8, 4) is 16.9 Å². The maximum absolute atomic E-state index is 12.3. The molecule has 1 unspecified atom stereocenters. The molecule has 0 aliphatic carbocycles. The Morgan fingerprint density at radius 3 is 2.85 bits per heavy atom. The average Bonchev–Trinajstić information content (AvgIpc) is 3.33. The highest BCUT2D eigenvalue weighted by atomic mass is 16.5. The lowest BCUT2D eigenvalue weighted by atomic mass is 10.0. The van der Waals surface area contributed by atoms with E-state index in [0.29, 0.717) is 18.2 Å². The van der Waals surface area contributed by atoms with Crippen LogP contribution in [0.5, 0.6) is 5.75 Å². The Morgan fingerprint density at radius 2 is 2.11 bits per heavy atom. The number of nitrogens with zero attached hydrogens (tertiary/aromatic N) is 2. The highest BCUT2D eigenvalue weighted by Crippen LogP contribution is 2.38. The monoisotopic (exact) mass is 362 g/mol. The third-order valence-corrected chi connectivity index (χ3v) is 4.76. The molecule has 1 atom stereocenters. The van der Waals surface area contributed by atoms with Gasteiger partial charge in [0.05, 0.1) is 6.54 Å². The summed E-state index contributed by atoms with van der Waals surface area (Å²) in [5.74, 6) is 1.01. The molecule has 0 bridgehead atoms. The van der Waals surface area contributed by atoms with Crippen LogP contribution in [-0.2, 0) is 6.42 Å². The standard InChI is InChI=1S/C21H22N4O2/c1-13(2)18-11-19(25-24-18)21(26)23-12-16-10-15-4-3-5-17(20(15)27-16)14-6-8-22-9-7-14/h3-9,11,13,16H,10,12H2,1-2H3,(H,23,26)(H,24,25). The average molecular weight is 362 g/mol. The van der Waals surface area contributed by atoms with Crippen molar-refractivity contribution in [1.82, 2.24) is 20.5 Å². The van der Waals surface area contributed by atoms with Gasteiger partial charge in [0.2, 0.25) is 0 Å². The van der Waals surface area contributed by atoms with E-state index in [-0.39, 0.29) is 12.0 Å². The summed E-state index contributed by atoms with van der Waals surface area (Å²) in [6.07, 6.45) is 4.23. The molecule has 0 radical (unpaired) electrons. The van der Waals surface area contributed by atoms with Crippen molar-refractivity contribution in [1.29, 1.82) is 0 Å². The molecular formula is C21H22N4O2. The summed E-state index contributed by atoms with van der Waals surface area (Å²) in [5, 5.41) is 9.93. The molecule has 6 heteroatoms. The molecule has 0 saturated heterocycles. The number of amides is 1. The number of aromatic amines is 1. The van der Waals surface area contributed by atoms with E-state index in [1.807, 2.05) is 24.3 Å². The van der Waals surface area contributed by atoms with E-state index < -0.39 is 0 Å². The fourth-order valence-electron chi connectivity index (χ4n) is 3.26. The Morgan fingerprint density at radius 1 is 1.30 bits per heavy atom. The molecule has 0 fully saturated rings. The molecule has 1 aromatic carbocycles. The lowest BCUT2D eigenvalue weighted by Crippen LogP contribution is -2.34. The van der Waals surface area contributed by atoms with Crippen LogP contribution < -0.4 is 10.1 Å². The van der Waals surface area contributed by atoms with Crippen molar-refractivity contribution in [2.24, 2.45) is 0 Å². The van der Waals surface area contributed by atoms with Crippen molar-refractivity contribution in [2.75, 3.05) is 6.54 Å². The van der Waals surface area contributed by atoms with Crippen LogP contribution in [0.2, 0.25) is 0 Å². The summed E-state index contributed by atoms with van der Waals surface area (Å²) >= 11 is 0. The summed E-state index contributed by atoms with van der Waals surface area (Å²) in [7, 11) is 0. The molecule has 6 nitrogen and oxygen atoms in total. The summed E-state index contributed by atoms with van der Waals surface area (Å²) in [5.41, 5.74) is 4.64. The molecule has 3 heterocycles. The number of nitrogens with one attached hydrogen (secondary N) is 2. The minimum absolute atomic E-state index is 0.0875. The molecule has 2 aromatic heterocycles. The molecule has 1 amide bonds. The van der Waals surface area contributed by atoms with Crippen molar-refractivity contribution < 1.29 is 9.53 Å². The second-order valence-electron chi connectivity index (χ2n) is 7.05. The SMILES string of the molecule is CC(C)c1cc(C(=O)NCC2Cc3cccc(-c4ccncc4)c3O2)n[nH]1. The third-order valence-electron chi connectivity index (χ3n) is 4.76. The number of H-pyrrole nitrogens is 1. The van der Waals surface area contributed by atoms with Crippen molar-refractivity contribution in [2.45, 2.75) is 32.3 Å². The number of carbonyl (C=O) groups excluding carboxylic acids is 1. The van der Waals surface area contributed by atoms with E-state index in [1.165, 1.54) is 0 Å². The molecule has 138 valence electrons. The van der Waals surface area contributed by atoms with Crippen LogP contribution in [0.1, 0.15) is 41.5 Å². The van der Waals surface area contributed by atoms with Gasteiger partial charge in [-0.25, -0.2) is 0 Å². The van der Waals surface area contributed by atoms with E-state index in [9.17, 15) is 4.79 Å². The second kappa shape index (κ2) is 7.23. The smallest absolute Gasteiger partial charge is 0.271 e. The summed E-state index contributed by atoms with van der Waals surface area (Å²) in [6, 6.07) is 11.9. The van der Waals surface area contributed by atoms with Gasteiger partial charge in [-0.2, -0.15) is 5.10 Å². The van der Waals surface area contributed by atoms with E-state index in [0.717, 1.165) is 34.6 Å². The number of hydrogen-bond donors (Lipinski definition) is 2. The molecule has 0 saturated carbocycles. The van der Waals surface area contributed by atoms with Gasteiger partial charge < -0.3 is 10.1 Å². The Hall–Kier alpha value is -3.15. The van der Waals surface area contributed by atoms with E-state index in [4.69, 9.17) is 4.74 Å². The summed E-state index contributed by atoms with van der Waals surface area (Å²) < 4.78 is 6.16. The van der Waals surface area contributed by atoms with Gasteiger partial charge in [-0.3, -0.25) is 14.9 Å². The highest BCUT2D eigenvalue weighted by Gasteiger charge is 2.26. The van der Waals surface area contributed by atoms with Gasteiger partial charge in [-0.05, 0) is 35.2 Å². The van der Waals surface area contributed by atoms with Crippen LogP contribution in [-0.4, -0.2) is 33.7 Å². The minimum atomic E-state index is -0.188. The van der Waals surface area contributed by atoms with Crippen LogP contribution in [0, 0.1) is 0 Å². The normalized spacial score (nSPS) is 15.4. The first-order valence-electron chi connectivity index (χ1n) is 9.14. The first-order valence-corrected chi connectivity index (χ1v) is 9.14. The van der Waals surface area contributed by atoms with Gasteiger partial charge in [-0.15, -0.1) is 0 Å². The summed E-state index contributed by atoms with van der Waals surface area (Å²) in [6.45, 7) is 4.55. The molecule has 1 aliphatic rings. The fourth-order valence-corrected chi connectivity index (χ4v) is 3.26. The topological polar surface area (TPSA) is 79.9 Å². The summed E-state index contributed by atoms with van der Waals surface area (Å²) in [4.78, 5) is 16.4. The predicted octanol–water partition coefficient (Wildman–Crippen LogP) is 3.33. The largest absolute Gasteiger partial charge is 0.487 e. The zero-order valence-corrected chi connectivity index (χ0v) is 15.4. The zero-order valence-electron chi connectivity index (χ0n) is 15.4. The molecule has 1 aliphatic heterocycles. The molecule has 4 rings (SSSR count). The van der Waals surface area contributed by atoms with Gasteiger partial charge in [0.1, 0.15) is 17.5 Å². The first kappa shape index (κ1) is 17.3. The number of aromatic nitrogens is 3. The number of para-hydroxylation sites is 1. The lowest BCUT2D eigenvalue weighted by Gasteiger charge is -2.13. The van der Waals surface area contributed by atoms with Gasteiger partial charge in [0, 0.05) is 30.1 Å². The van der Waals surface area contributed by atoms with Gasteiger partial charge >= 0.3 is 0 Å². The fraction of sp³-hybridized carbons (Fsp3) is 0.286. The van der Waals surface area contributed by atoms with Crippen molar-refractivity contribution in [3.05, 3.63) is 65.7 Å². The quantitative estimate of drug-likeness (QED) is 0.730. The first-order chi connectivity index (χ1) is 13.1. The van der Waals surface area contributed by atoms with Crippen LogP contribution in [0.25, 0.3) is 11.1 Å². The Balaban J connectivity index is 1.42. The molecule has 0 spiro atoms. The molecule has 27 heavy (non-hydrogen) atoms. The van der Waals surface area contributed by atoms with Crippen LogP contribution >= 0.6 is 0 Å². The van der Waals surface area contributed by atoms with E-state index >= 15 is 0 Å². The Kier molecular flexibility index (Phi) is 4.62. The van der Waals surface area contributed by atoms with Crippen LogP contribution in [0.15, 0.2) is 48.8 Å². The van der Waals surface area contributed by atoms with E-state index in [1.54, 1.807) is 18.5 Å². The maximum Gasteiger partial charge on any atom is 0.271 e. The number of ether oxygens (including phenoxy) is 1. The lowest BCUT2D eigenvalue weighted by molar-refractivity contribution is 0.0928. The van der Waals surface area contributed by atoms with Gasteiger partial charge in [-0.1, -0.05) is 32.0 Å². The number of hydrogen-bond acceptors (Lipinski definition) is 4. The maximum atomic E-state index is 12.3. The van der Waals surface area contributed by atoms with Crippen molar-refractivity contribution in [3.63, 3.8) is 0 Å². The van der Waals surface area contributed by atoms with Gasteiger partial charge in [0.15, 0.2) is 0 Å². The van der Waals surface area contributed by atoms with Gasteiger partial charge in [0.25, 0.3) is 5.91 Å². The van der Waals surface area contributed by atoms with Crippen molar-refractivity contribution >= 4 is 5.91 Å².